The van der Waals surface area contributed by atoms with Gasteiger partial charge in [0.15, 0.2) is 5.79 Å². The third-order valence-electron chi connectivity index (χ3n) is 12.4. The number of hydrogen-bond acceptors (Lipinski definition) is 4. The molecule has 1 unspecified atom stereocenters. The van der Waals surface area contributed by atoms with Crippen molar-refractivity contribution in [3.63, 3.8) is 0 Å². The molecule has 34 heavy (non-hydrogen) atoms. The van der Waals surface area contributed by atoms with Gasteiger partial charge >= 0.3 is 6.03 Å². The Kier molecular flexibility index (Phi) is 5.42. The van der Waals surface area contributed by atoms with Gasteiger partial charge in [-0.05, 0) is 97.7 Å². The highest BCUT2D eigenvalue weighted by Gasteiger charge is 2.69. The zero-order chi connectivity index (χ0) is 24.0. The summed E-state index contributed by atoms with van der Waals surface area (Å²) in [6.45, 7) is 10.5. The van der Waals surface area contributed by atoms with Crippen LogP contribution in [-0.2, 0) is 9.47 Å². The molecule has 0 radical (unpaired) electrons. The Bertz CT molecular complexity index is 827. The summed E-state index contributed by atoms with van der Waals surface area (Å²) in [5.74, 6) is 3.65. The standard InChI is InChI=1S/C28H46N2O4/c1-15-7-10-28(33-14-15)16(2)24-22(34-28)13-21-19-6-5-17-11-18(31)12-23(30-25(29)32)27(17,4)20(19)8-9-26(21,24)3/h15-24,31H,5-14H2,1-4H3,(H3,29,30,32)/t15-,16-,17+,18+,19+,20-,21-,22-,23?,24-,26-,27-,28+/m0/s1. The summed E-state index contributed by atoms with van der Waals surface area (Å²) in [5, 5.41) is 13.7. The predicted molar refractivity (Wildman–Crippen MR) is 130 cm³/mol. The lowest BCUT2D eigenvalue weighted by molar-refractivity contribution is -0.273. The molecule has 0 aromatic carbocycles. The van der Waals surface area contributed by atoms with Crippen molar-refractivity contribution in [2.75, 3.05) is 6.61 Å². The summed E-state index contributed by atoms with van der Waals surface area (Å²) in [7, 11) is 0. The monoisotopic (exact) mass is 474 g/mol. The SMILES string of the molecule is C[C@H]1CC[C@@]2(OC1)O[C@H]1C[C@H]3[C@@H]4CC[C@@H]5C[C@@H](O)CC(NC(N)=O)[C@]5(C)[C@H]4CC[C@]3(C)[C@H]1[C@@H]2C. The van der Waals surface area contributed by atoms with Crippen molar-refractivity contribution in [3.05, 3.63) is 0 Å². The van der Waals surface area contributed by atoms with Crippen LogP contribution in [0.2, 0.25) is 0 Å². The van der Waals surface area contributed by atoms with Crippen LogP contribution in [-0.4, -0.2) is 41.8 Å². The van der Waals surface area contributed by atoms with Crippen LogP contribution in [0.4, 0.5) is 4.79 Å². The molecule has 13 atom stereocenters. The molecule has 2 amide bonds. The average molecular weight is 475 g/mol. The molecule has 6 heteroatoms. The Morgan fingerprint density at radius 2 is 1.82 bits per heavy atom. The van der Waals surface area contributed by atoms with Crippen LogP contribution < -0.4 is 11.1 Å². The number of carbonyl (C=O) groups is 1. The van der Waals surface area contributed by atoms with E-state index in [1.54, 1.807) is 0 Å². The van der Waals surface area contributed by atoms with E-state index in [1.807, 2.05) is 0 Å². The second-order valence-corrected chi connectivity index (χ2v) is 13.7. The number of ether oxygens (including phenoxy) is 2. The molecule has 192 valence electrons. The normalized spacial score (nSPS) is 58.5. The lowest BCUT2D eigenvalue weighted by Gasteiger charge is -2.63. The zero-order valence-electron chi connectivity index (χ0n) is 21.6. The van der Waals surface area contributed by atoms with Crippen LogP contribution in [0, 0.1) is 52.3 Å². The van der Waals surface area contributed by atoms with Gasteiger partial charge in [-0.15, -0.1) is 0 Å². The smallest absolute Gasteiger partial charge is 0.312 e. The van der Waals surface area contributed by atoms with Crippen molar-refractivity contribution in [3.8, 4) is 0 Å². The maximum Gasteiger partial charge on any atom is 0.312 e. The largest absolute Gasteiger partial charge is 0.393 e. The Hall–Kier alpha value is -0.850. The van der Waals surface area contributed by atoms with Gasteiger partial charge in [0.25, 0.3) is 0 Å². The molecule has 0 bridgehead atoms. The van der Waals surface area contributed by atoms with Crippen molar-refractivity contribution >= 4 is 6.03 Å². The lowest BCUT2D eigenvalue weighted by Crippen LogP contribution is -2.64. The van der Waals surface area contributed by atoms with Gasteiger partial charge in [-0.2, -0.15) is 0 Å². The maximum absolute atomic E-state index is 11.9. The number of amides is 2. The van der Waals surface area contributed by atoms with Crippen LogP contribution in [0.25, 0.3) is 0 Å². The van der Waals surface area contributed by atoms with E-state index in [4.69, 9.17) is 15.2 Å². The third-order valence-corrected chi connectivity index (χ3v) is 12.4. The minimum Gasteiger partial charge on any atom is -0.393 e. The fourth-order valence-electron chi connectivity index (χ4n) is 10.7. The van der Waals surface area contributed by atoms with Gasteiger partial charge in [-0.1, -0.05) is 27.7 Å². The van der Waals surface area contributed by atoms with Gasteiger partial charge in [0.1, 0.15) is 0 Å². The summed E-state index contributed by atoms with van der Waals surface area (Å²) in [5.41, 5.74) is 5.92. The summed E-state index contributed by atoms with van der Waals surface area (Å²) in [4.78, 5) is 11.9. The minimum absolute atomic E-state index is 0.00647. The second kappa shape index (κ2) is 7.82. The average Bonchev–Trinajstić information content (AvgIpc) is 3.21. The molecule has 6 aliphatic rings. The number of nitrogens with two attached hydrogens (primary N) is 1. The first kappa shape index (κ1) is 23.5. The number of primary amides is 1. The molecule has 4 saturated carbocycles. The van der Waals surface area contributed by atoms with E-state index in [1.165, 1.54) is 25.7 Å². The predicted octanol–water partition coefficient (Wildman–Crippen LogP) is 4.44. The Labute approximate surface area is 205 Å². The zero-order valence-corrected chi connectivity index (χ0v) is 21.6. The first-order chi connectivity index (χ1) is 16.1. The van der Waals surface area contributed by atoms with Crippen LogP contribution >= 0.6 is 0 Å². The molecule has 0 aromatic rings. The maximum atomic E-state index is 11.9. The Balaban J connectivity index is 1.28. The molecular formula is C28H46N2O4. The van der Waals surface area contributed by atoms with Crippen LogP contribution in [0.15, 0.2) is 0 Å². The molecular weight excluding hydrogens is 428 g/mol. The summed E-state index contributed by atoms with van der Waals surface area (Å²) < 4.78 is 13.4. The Morgan fingerprint density at radius 3 is 2.53 bits per heavy atom. The van der Waals surface area contributed by atoms with Crippen molar-refractivity contribution in [2.45, 2.75) is 110 Å². The number of nitrogens with one attached hydrogen (secondary N) is 1. The highest BCUT2D eigenvalue weighted by Crippen LogP contribution is 2.71. The first-order valence-electron chi connectivity index (χ1n) is 14.1. The number of hydrogen-bond donors (Lipinski definition) is 3. The summed E-state index contributed by atoms with van der Waals surface area (Å²) in [6.07, 6.45) is 9.70. The highest BCUT2D eigenvalue weighted by molar-refractivity contribution is 5.72. The van der Waals surface area contributed by atoms with Gasteiger partial charge in [0, 0.05) is 18.4 Å². The molecule has 2 heterocycles. The molecule has 2 aliphatic heterocycles. The van der Waals surface area contributed by atoms with Gasteiger partial charge in [-0.25, -0.2) is 4.79 Å². The first-order valence-corrected chi connectivity index (χ1v) is 14.1. The molecule has 0 aromatic heterocycles. The topological polar surface area (TPSA) is 93.8 Å². The van der Waals surface area contributed by atoms with Gasteiger partial charge in [0.05, 0.1) is 18.8 Å². The fourth-order valence-corrected chi connectivity index (χ4v) is 10.7. The number of fused-ring (bicyclic) bond motifs is 7. The van der Waals surface area contributed by atoms with Crippen LogP contribution in [0.3, 0.4) is 0 Å². The van der Waals surface area contributed by atoms with E-state index < -0.39 is 6.03 Å². The van der Waals surface area contributed by atoms with E-state index >= 15 is 0 Å². The van der Waals surface area contributed by atoms with Crippen molar-refractivity contribution in [1.82, 2.24) is 5.32 Å². The molecule has 6 nitrogen and oxygen atoms in total. The van der Waals surface area contributed by atoms with E-state index in [-0.39, 0.29) is 23.3 Å². The molecule has 4 N–H and O–H groups in total. The lowest BCUT2D eigenvalue weighted by atomic mass is 9.43. The van der Waals surface area contributed by atoms with E-state index in [2.05, 4.69) is 33.0 Å². The van der Waals surface area contributed by atoms with Crippen LogP contribution in [0.5, 0.6) is 0 Å². The van der Waals surface area contributed by atoms with E-state index in [9.17, 15) is 9.90 Å². The molecule has 6 fully saturated rings. The molecule has 1 spiro atoms. The minimum atomic E-state index is -0.452. The van der Waals surface area contributed by atoms with Gasteiger partial charge < -0.3 is 25.6 Å². The number of carbonyl (C=O) groups excluding carboxylic acids is 1. The molecule has 4 aliphatic carbocycles. The van der Waals surface area contributed by atoms with Crippen molar-refractivity contribution in [1.29, 1.82) is 0 Å². The van der Waals surface area contributed by atoms with Crippen molar-refractivity contribution in [2.24, 2.45) is 58.0 Å². The number of aliphatic hydroxyl groups excluding tert-OH is 1. The van der Waals surface area contributed by atoms with Gasteiger partial charge in [-0.3, -0.25) is 0 Å². The van der Waals surface area contributed by atoms with Gasteiger partial charge in [0.2, 0.25) is 0 Å². The van der Waals surface area contributed by atoms with Crippen LogP contribution in [0.1, 0.15) is 85.5 Å². The number of urea groups is 1. The number of rotatable bonds is 1. The number of aliphatic hydroxyl groups is 1. The quantitative estimate of drug-likeness (QED) is 0.524. The summed E-state index contributed by atoms with van der Waals surface area (Å²) in [6, 6.07) is -0.487. The molecule has 6 rings (SSSR count). The fraction of sp³-hybridized carbons (Fsp3) is 0.964. The Morgan fingerprint density at radius 1 is 1.03 bits per heavy atom. The second-order valence-electron chi connectivity index (χ2n) is 13.7. The van der Waals surface area contributed by atoms with Crippen molar-refractivity contribution < 1.29 is 19.4 Å². The third kappa shape index (κ3) is 3.13. The molecule has 2 saturated heterocycles. The highest BCUT2D eigenvalue weighted by atomic mass is 16.7. The van der Waals surface area contributed by atoms with E-state index in [0.717, 1.165) is 32.3 Å². The summed E-state index contributed by atoms with van der Waals surface area (Å²) >= 11 is 0. The van der Waals surface area contributed by atoms with E-state index in [0.29, 0.717) is 59.4 Å².